The number of anilines is 1. The molecule has 1 heterocycles. The standard InChI is InChI=1S/C13H11NS.ClH/c1-3-7-12-10(5-1)9-14-11-6-2-4-8-13(11)15-12;/h1-8,14H,9H2;1H. The van der Waals surface area contributed by atoms with Crippen molar-refractivity contribution in [2.75, 3.05) is 5.32 Å². The summed E-state index contributed by atoms with van der Waals surface area (Å²) in [6.45, 7) is 0.917. The second-order valence-electron chi connectivity index (χ2n) is 3.56. The second kappa shape index (κ2) is 4.81. The average molecular weight is 250 g/mol. The van der Waals surface area contributed by atoms with Crippen LogP contribution in [0.15, 0.2) is 58.3 Å². The minimum Gasteiger partial charge on any atom is -0.380 e. The van der Waals surface area contributed by atoms with E-state index in [0.717, 1.165) is 6.54 Å². The van der Waals surface area contributed by atoms with Crippen LogP contribution in [0.2, 0.25) is 0 Å². The van der Waals surface area contributed by atoms with Gasteiger partial charge in [0.15, 0.2) is 0 Å². The molecule has 16 heavy (non-hydrogen) atoms. The summed E-state index contributed by atoms with van der Waals surface area (Å²) in [6, 6.07) is 17.0. The van der Waals surface area contributed by atoms with Crippen molar-refractivity contribution in [1.82, 2.24) is 0 Å². The minimum atomic E-state index is 0. The second-order valence-corrected chi connectivity index (χ2v) is 4.64. The number of rotatable bonds is 0. The molecule has 0 spiro atoms. The highest BCUT2D eigenvalue weighted by Crippen LogP contribution is 2.38. The maximum atomic E-state index is 3.46. The summed E-state index contributed by atoms with van der Waals surface area (Å²) >= 11 is 1.84. The third-order valence-corrected chi connectivity index (χ3v) is 3.74. The average Bonchev–Trinajstić information content (AvgIpc) is 2.48. The normalized spacial score (nSPS) is 12.5. The van der Waals surface area contributed by atoms with Gasteiger partial charge in [0.2, 0.25) is 0 Å². The van der Waals surface area contributed by atoms with Crippen LogP contribution < -0.4 is 5.32 Å². The van der Waals surface area contributed by atoms with Gasteiger partial charge in [0.1, 0.15) is 0 Å². The van der Waals surface area contributed by atoms with Gasteiger partial charge >= 0.3 is 0 Å². The topological polar surface area (TPSA) is 12.0 Å². The van der Waals surface area contributed by atoms with Gasteiger partial charge in [0, 0.05) is 22.0 Å². The fourth-order valence-corrected chi connectivity index (χ4v) is 2.81. The molecular weight excluding hydrogens is 238 g/mol. The van der Waals surface area contributed by atoms with Gasteiger partial charge in [-0.2, -0.15) is 0 Å². The third kappa shape index (κ3) is 2.04. The first-order chi connectivity index (χ1) is 7.43. The molecule has 0 saturated carbocycles. The van der Waals surface area contributed by atoms with E-state index in [1.807, 2.05) is 11.8 Å². The summed E-state index contributed by atoms with van der Waals surface area (Å²) < 4.78 is 0. The predicted octanol–water partition coefficient (Wildman–Crippen LogP) is 4.19. The van der Waals surface area contributed by atoms with E-state index in [1.54, 1.807) is 0 Å². The van der Waals surface area contributed by atoms with Crippen LogP contribution in [0.25, 0.3) is 0 Å². The maximum Gasteiger partial charge on any atom is 0.0484 e. The fourth-order valence-electron chi connectivity index (χ4n) is 1.76. The van der Waals surface area contributed by atoms with Gasteiger partial charge in [-0.3, -0.25) is 0 Å². The first-order valence-corrected chi connectivity index (χ1v) is 5.84. The van der Waals surface area contributed by atoms with Gasteiger partial charge in [-0.05, 0) is 23.8 Å². The van der Waals surface area contributed by atoms with E-state index < -0.39 is 0 Å². The van der Waals surface area contributed by atoms with E-state index in [2.05, 4.69) is 53.8 Å². The number of halogens is 1. The Bertz CT molecular complexity index is 453. The molecule has 0 atom stereocenters. The summed E-state index contributed by atoms with van der Waals surface area (Å²) in [5.74, 6) is 0. The maximum absolute atomic E-state index is 3.46. The zero-order chi connectivity index (χ0) is 10.1. The van der Waals surface area contributed by atoms with Crippen LogP contribution in [0.5, 0.6) is 0 Å². The van der Waals surface area contributed by atoms with E-state index in [0.29, 0.717) is 0 Å². The number of nitrogens with one attached hydrogen (secondary N) is 1. The monoisotopic (exact) mass is 249 g/mol. The van der Waals surface area contributed by atoms with Crippen LogP contribution in [0, 0.1) is 0 Å². The van der Waals surface area contributed by atoms with Gasteiger partial charge in [-0.1, -0.05) is 42.1 Å². The van der Waals surface area contributed by atoms with Crippen molar-refractivity contribution in [2.45, 2.75) is 16.3 Å². The number of para-hydroxylation sites is 1. The molecule has 0 bridgehead atoms. The highest BCUT2D eigenvalue weighted by Gasteiger charge is 2.11. The van der Waals surface area contributed by atoms with Crippen molar-refractivity contribution >= 4 is 29.9 Å². The van der Waals surface area contributed by atoms with E-state index in [4.69, 9.17) is 0 Å². The van der Waals surface area contributed by atoms with Crippen molar-refractivity contribution in [3.63, 3.8) is 0 Å². The van der Waals surface area contributed by atoms with Gasteiger partial charge < -0.3 is 5.32 Å². The van der Waals surface area contributed by atoms with Crippen LogP contribution in [0.4, 0.5) is 5.69 Å². The molecule has 1 aliphatic heterocycles. The van der Waals surface area contributed by atoms with Gasteiger partial charge in [0.25, 0.3) is 0 Å². The molecule has 0 fully saturated rings. The molecule has 3 heteroatoms. The molecule has 1 N–H and O–H groups in total. The summed E-state index contributed by atoms with van der Waals surface area (Å²) in [7, 11) is 0. The lowest BCUT2D eigenvalue weighted by Crippen LogP contribution is -1.97. The lowest BCUT2D eigenvalue weighted by Gasteiger charge is -2.04. The van der Waals surface area contributed by atoms with Crippen molar-refractivity contribution in [1.29, 1.82) is 0 Å². The summed E-state index contributed by atoms with van der Waals surface area (Å²) in [5.41, 5.74) is 2.61. The van der Waals surface area contributed by atoms with Crippen LogP contribution >= 0.6 is 24.2 Å². The van der Waals surface area contributed by atoms with Gasteiger partial charge in [0.05, 0.1) is 0 Å². The van der Waals surface area contributed by atoms with E-state index in [1.165, 1.54) is 21.0 Å². The van der Waals surface area contributed by atoms with Crippen molar-refractivity contribution in [3.8, 4) is 0 Å². The fraction of sp³-hybridized carbons (Fsp3) is 0.0769. The number of hydrogen-bond acceptors (Lipinski definition) is 2. The highest BCUT2D eigenvalue weighted by atomic mass is 35.5. The molecule has 1 nitrogen and oxygen atoms in total. The summed E-state index contributed by atoms with van der Waals surface area (Å²) in [5, 5.41) is 3.46. The molecule has 0 aromatic heterocycles. The molecule has 0 aliphatic carbocycles. The Kier molecular flexibility index (Phi) is 3.42. The molecule has 2 aromatic carbocycles. The molecule has 0 unspecified atom stereocenters. The molecule has 82 valence electrons. The third-order valence-electron chi connectivity index (χ3n) is 2.55. The first kappa shape index (κ1) is 11.4. The summed E-state index contributed by atoms with van der Waals surface area (Å²) in [4.78, 5) is 2.66. The Morgan fingerprint density at radius 1 is 0.875 bits per heavy atom. The van der Waals surface area contributed by atoms with Gasteiger partial charge in [-0.25, -0.2) is 0 Å². The van der Waals surface area contributed by atoms with Crippen molar-refractivity contribution in [3.05, 3.63) is 54.1 Å². The van der Waals surface area contributed by atoms with Crippen LogP contribution in [0.3, 0.4) is 0 Å². The Morgan fingerprint density at radius 2 is 1.56 bits per heavy atom. The number of benzene rings is 2. The largest absolute Gasteiger partial charge is 0.380 e. The zero-order valence-electron chi connectivity index (χ0n) is 8.64. The Morgan fingerprint density at radius 3 is 2.44 bits per heavy atom. The Hall–Kier alpha value is -1.12. The number of hydrogen-bond donors (Lipinski definition) is 1. The molecular formula is C13H12ClNS. The molecule has 0 saturated heterocycles. The first-order valence-electron chi connectivity index (χ1n) is 5.02. The predicted molar refractivity (Wildman–Crippen MR) is 71.6 cm³/mol. The van der Waals surface area contributed by atoms with E-state index >= 15 is 0 Å². The van der Waals surface area contributed by atoms with Crippen LogP contribution in [-0.2, 0) is 6.54 Å². The van der Waals surface area contributed by atoms with E-state index in [9.17, 15) is 0 Å². The van der Waals surface area contributed by atoms with Crippen LogP contribution in [0.1, 0.15) is 5.56 Å². The van der Waals surface area contributed by atoms with E-state index in [-0.39, 0.29) is 12.4 Å². The molecule has 2 aromatic rings. The van der Waals surface area contributed by atoms with Crippen molar-refractivity contribution < 1.29 is 0 Å². The lowest BCUT2D eigenvalue weighted by atomic mass is 10.2. The van der Waals surface area contributed by atoms with Crippen molar-refractivity contribution in [2.24, 2.45) is 0 Å². The summed E-state index contributed by atoms with van der Waals surface area (Å²) in [6.07, 6.45) is 0. The Labute approximate surface area is 106 Å². The highest BCUT2D eigenvalue weighted by molar-refractivity contribution is 7.99. The minimum absolute atomic E-state index is 0. The number of fused-ring (bicyclic) bond motifs is 2. The lowest BCUT2D eigenvalue weighted by molar-refractivity contribution is 1.10. The quantitative estimate of drug-likeness (QED) is 0.752. The molecule has 0 radical (unpaired) electrons. The SMILES string of the molecule is Cl.c1ccc2c(c1)CNc1ccccc1S2. The Balaban J connectivity index is 0.000000963. The smallest absolute Gasteiger partial charge is 0.0484 e. The zero-order valence-corrected chi connectivity index (χ0v) is 10.3. The molecule has 3 rings (SSSR count). The van der Waals surface area contributed by atoms with Crippen LogP contribution in [-0.4, -0.2) is 0 Å². The molecule has 0 amide bonds. The molecule has 1 aliphatic rings. The van der Waals surface area contributed by atoms with Gasteiger partial charge in [-0.15, -0.1) is 12.4 Å².